The van der Waals surface area contributed by atoms with E-state index in [1.54, 1.807) is 18.1 Å². The number of pyridine rings is 1. The highest BCUT2D eigenvalue weighted by atomic mass is 16.5. The normalized spacial score (nSPS) is 22.2. The number of aromatic nitrogens is 6. The number of carbonyl (C=O) groups excluding carboxylic acids is 2. The van der Waals surface area contributed by atoms with Gasteiger partial charge in [0, 0.05) is 74.1 Å². The summed E-state index contributed by atoms with van der Waals surface area (Å²) in [6.45, 7) is 3.29. The minimum absolute atomic E-state index is 0.0282. The van der Waals surface area contributed by atoms with Crippen molar-refractivity contribution in [2.45, 2.75) is 50.9 Å². The largest absolute Gasteiger partial charge is 0.494 e. The first kappa shape index (κ1) is 29.1. The van der Waals surface area contributed by atoms with E-state index in [2.05, 4.69) is 31.2 Å². The molecule has 2 unspecified atom stereocenters. The Labute approximate surface area is 276 Å². The highest BCUT2D eigenvalue weighted by Gasteiger charge is 2.47. The van der Waals surface area contributed by atoms with Crippen LogP contribution in [0, 0.1) is 17.8 Å². The molecular formula is C35H38N10O3. The van der Waals surface area contributed by atoms with Crippen molar-refractivity contribution < 1.29 is 14.3 Å². The van der Waals surface area contributed by atoms with Crippen LogP contribution in [0.15, 0.2) is 48.8 Å². The average molecular weight is 647 g/mol. The first-order valence-electron chi connectivity index (χ1n) is 16.8. The number of ether oxygens (including phenoxy) is 1. The molecule has 2 saturated carbocycles. The molecule has 6 heterocycles. The molecule has 4 aliphatic rings. The second kappa shape index (κ2) is 11.0. The van der Waals surface area contributed by atoms with Crippen molar-refractivity contribution >= 4 is 39.8 Å². The lowest BCUT2D eigenvalue weighted by atomic mass is 9.99. The number of nitrogens with zero attached hydrogens (tertiary/aromatic N) is 8. The maximum absolute atomic E-state index is 13.9. The van der Waals surface area contributed by atoms with E-state index in [4.69, 9.17) is 26.2 Å². The monoisotopic (exact) mass is 646 g/mol. The number of hydrogen-bond donors (Lipinski definition) is 2. The smallest absolute Gasteiger partial charge is 0.272 e. The van der Waals surface area contributed by atoms with E-state index in [9.17, 15) is 9.59 Å². The third-order valence-corrected chi connectivity index (χ3v) is 10.8. The summed E-state index contributed by atoms with van der Waals surface area (Å²) in [6, 6.07) is 11.7. The van der Waals surface area contributed by atoms with E-state index in [0.29, 0.717) is 54.8 Å². The number of amides is 2. The number of benzene rings is 1. The van der Waals surface area contributed by atoms with Crippen LogP contribution in [-0.2, 0) is 13.1 Å². The Morgan fingerprint density at radius 1 is 0.917 bits per heavy atom. The van der Waals surface area contributed by atoms with Crippen molar-refractivity contribution in [1.82, 2.24) is 38.9 Å². The molecule has 4 N–H and O–H groups in total. The van der Waals surface area contributed by atoms with Crippen LogP contribution in [0.5, 0.6) is 5.75 Å². The van der Waals surface area contributed by atoms with E-state index < -0.39 is 0 Å². The molecule has 1 aromatic carbocycles. The fourth-order valence-corrected chi connectivity index (χ4v) is 8.11. The maximum Gasteiger partial charge on any atom is 0.272 e. The van der Waals surface area contributed by atoms with Gasteiger partial charge in [0.1, 0.15) is 22.6 Å². The summed E-state index contributed by atoms with van der Waals surface area (Å²) in [7, 11) is 1.64. The number of imidazole rings is 1. The van der Waals surface area contributed by atoms with Gasteiger partial charge in [0.2, 0.25) is 5.95 Å². The van der Waals surface area contributed by atoms with Gasteiger partial charge < -0.3 is 35.1 Å². The predicted octanol–water partition coefficient (Wildman–Crippen LogP) is 3.18. The van der Waals surface area contributed by atoms with Crippen molar-refractivity contribution in [2.75, 3.05) is 32.5 Å². The first-order chi connectivity index (χ1) is 23.4. The summed E-state index contributed by atoms with van der Waals surface area (Å²) in [4.78, 5) is 48.9. The number of piperidine rings is 1. The second-order valence-corrected chi connectivity index (χ2v) is 13.9. The Balaban J connectivity index is 1.12. The van der Waals surface area contributed by atoms with Gasteiger partial charge in [-0.05, 0) is 73.9 Å². The van der Waals surface area contributed by atoms with Gasteiger partial charge in [0.25, 0.3) is 11.8 Å². The van der Waals surface area contributed by atoms with Gasteiger partial charge >= 0.3 is 0 Å². The van der Waals surface area contributed by atoms with Crippen LogP contribution in [0.4, 0.5) is 5.95 Å². The molecule has 246 valence electrons. The molecule has 0 radical (unpaired) electrons. The molecule has 9 rings (SSSR count). The molecule has 48 heavy (non-hydrogen) atoms. The Morgan fingerprint density at radius 2 is 1.75 bits per heavy atom. The lowest BCUT2D eigenvalue weighted by Gasteiger charge is -2.39. The number of methoxy groups -OCH3 is 1. The lowest BCUT2D eigenvalue weighted by Crippen LogP contribution is -2.51. The zero-order chi connectivity index (χ0) is 32.7. The minimum Gasteiger partial charge on any atom is -0.494 e. The molecule has 3 atom stereocenters. The predicted molar refractivity (Wildman–Crippen MR) is 179 cm³/mol. The molecule has 13 nitrogen and oxygen atoms in total. The number of rotatable bonds is 8. The first-order valence-corrected chi connectivity index (χ1v) is 16.8. The number of carbonyl (C=O) groups is 2. The minimum atomic E-state index is -0.164. The third kappa shape index (κ3) is 4.70. The lowest BCUT2D eigenvalue weighted by molar-refractivity contribution is 0.0465. The van der Waals surface area contributed by atoms with Gasteiger partial charge in [0.05, 0.1) is 18.3 Å². The van der Waals surface area contributed by atoms with Gasteiger partial charge in [0.15, 0.2) is 5.82 Å². The van der Waals surface area contributed by atoms with Gasteiger partial charge in [-0.25, -0.2) is 19.9 Å². The van der Waals surface area contributed by atoms with Crippen LogP contribution < -0.4 is 16.2 Å². The fourth-order valence-electron chi connectivity index (χ4n) is 8.11. The molecule has 4 fully saturated rings. The zero-order valence-electron chi connectivity index (χ0n) is 26.8. The summed E-state index contributed by atoms with van der Waals surface area (Å²) < 4.78 is 10.5. The molecule has 2 bridgehead atoms. The van der Waals surface area contributed by atoms with Gasteiger partial charge in [-0.2, -0.15) is 0 Å². The van der Waals surface area contributed by atoms with Crippen LogP contribution in [0.3, 0.4) is 0 Å². The Hall–Kier alpha value is -5.04. The van der Waals surface area contributed by atoms with E-state index >= 15 is 0 Å². The highest BCUT2D eigenvalue weighted by Crippen LogP contribution is 2.41. The van der Waals surface area contributed by atoms with E-state index in [0.717, 1.165) is 47.5 Å². The van der Waals surface area contributed by atoms with E-state index in [1.807, 2.05) is 29.3 Å². The summed E-state index contributed by atoms with van der Waals surface area (Å²) in [5, 5.41) is 1.06. The summed E-state index contributed by atoms with van der Waals surface area (Å²) >= 11 is 0. The summed E-state index contributed by atoms with van der Waals surface area (Å²) in [6.07, 6.45) is 7.76. The molecule has 2 saturated heterocycles. The van der Waals surface area contributed by atoms with Crippen molar-refractivity contribution in [1.29, 1.82) is 0 Å². The topological polar surface area (TPSA) is 163 Å². The van der Waals surface area contributed by atoms with Crippen molar-refractivity contribution in [3.05, 3.63) is 60.0 Å². The molecule has 5 aromatic rings. The van der Waals surface area contributed by atoms with Crippen LogP contribution in [-0.4, -0.2) is 89.5 Å². The van der Waals surface area contributed by atoms with Crippen LogP contribution >= 0.6 is 0 Å². The molecule has 2 aliphatic carbocycles. The number of nitrogen functional groups attached to an aromatic ring is 1. The summed E-state index contributed by atoms with van der Waals surface area (Å²) in [5.41, 5.74) is 16.5. The average Bonchev–Trinajstić information content (AvgIpc) is 3.43. The molecule has 2 aliphatic heterocycles. The number of likely N-dealkylation sites (tertiary alicyclic amines) is 2. The number of nitrogens with two attached hydrogens (primary N) is 2. The van der Waals surface area contributed by atoms with Crippen LogP contribution in [0.25, 0.3) is 33.6 Å². The van der Waals surface area contributed by atoms with Gasteiger partial charge in [-0.1, -0.05) is 0 Å². The Bertz CT molecular complexity index is 2100. The van der Waals surface area contributed by atoms with Crippen LogP contribution in [0.1, 0.15) is 46.5 Å². The van der Waals surface area contributed by atoms with E-state index in [1.165, 1.54) is 19.0 Å². The third-order valence-electron chi connectivity index (χ3n) is 10.8. The van der Waals surface area contributed by atoms with Crippen molar-refractivity contribution in [2.24, 2.45) is 23.5 Å². The maximum atomic E-state index is 13.9. The van der Waals surface area contributed by atoms with Crippen LogP contribution in [0.2, 0.25) is 0 Å². The standard InChI is InChI=1S/C35H38N10O3/c1-48-28-13-23(33(46)44-18-22-6-7-26(44)29(22)36)11-25-30(28)45(17-20-14-42(15-20)34(47)24-8-10-39-35(37)41-24)32(40-25)27-12-21-3-2-9-38-31(21)43(27)16-19-4-5-19/h2-3,8-13,19-20,22,26,29H,4-7,14-18,36H2,1H3,(H2,37,39,41)/t22?,26?,29-/m1/s1. The molecule has 2 amide bonds. The fraction of sp³-hybridized carbons (Fsp3) is 0.429. The number of anilines is 1. The van der Waals surface area contributed by atoms with Crippen molar-refractivity contribution in [3.63, 3.8) is 0 Å². The van der Waals surface area contributed by atoms with E-state index in [-0.39, 0.29) is 41.5 Å². The van der Waals surface area contributed by atoms with Gasteiger partial charge in [-0.15, -0.1) is 0 Å². The zero-order valence-corrected chi connectivity index (χ0v) is 26.8. The Morgan fingerprint density at radius 3 is 2.48 bits per heavy atom. The Kier molecular flexibility index (Phi) is 6.68. The molecular weight excluding hydrogens is 608 g/mol. The second-order valence-electron chi connectivity index (χ2n) is 13.9. The number of fused-ring (bicyclic) bond motifs is 4. The van der Waals surface area contributed by atoms with Gasteiger partial charge in [-0.3, -0.25) is 9.59 Å². The van der Waals surface area contributed by atoms with Crippen molar-refractivity contribution in [3.8, 4) is 17.3 Å². The quantitative estimate of drug-likeness (QED) is 0.258. The molecule has 0 spiro atoms. The summed E-state index contributed by atoms with van der Waals surface area (Å²) in [5.74, 6) is 2.41. The SMILES string of the molecule is COc1cc(C(=O)N2CC3CCC2[C@@H]3N)cc2nc(-c3cc4cccnc4n3CC3CC3)n(CC3CN(C(=O)c4ccnc(N)n4)C3)c12. The number of hydrogen-bond acceptors (Lipinski definition) is 9. The molecule has 13 heteroatoms. The highest BCUT2D eigenvalue weighted by molar-refractivity contribution is 6.00. The molecule has 4 aromatic heterocycles.